The highest BCUT2D eigenvalue weighted by molar-refractivity contribution is 4.90. The fraction of sp³-hybridized carbons (Fsp3) is 0.909. The van der Waals surface area contributed by atoms with Gasteiger partial charge in [-0.15, -0.1) is 0 Å². The average molecular weight is 727 g/mol. The lowest BCUT2D eigenvalue weighted by Gasteiger charge is -2.22. The predicted octanol–water partition coefficient (Wildman–Crippen LogP) is 13.0. The molecule has 0 saturated heterocycles. The molecular weight excluding hydrogens is 640 g/mol. The van der Waals surface area contributed by atoms with Crippen molar-refractivity contribution in [1.29, 1.82) is 0 Å². The largest absolute Gasteiger partial charge is 0.353 e. The fourth-order valence-electron chi connectivity index (χ4n) is 5.38. The lowest BCUT2D eigenvalue weighted by atomic mass is 10.2. The third-order valence-corrected chi connectivity index (χ3v) is 8.76. The first-order chi connectivity index (χ1) is 25.1. The van der Waals surface area contributed by atoms with Gasteiger partial charge in [0.25, 0.3) is 0 Å². The number of hydrogen-bond acceptors (Lipinski definition) is 7. The van der Waals surface area contributed by atoms with E-state index in [4.69, 9.17) is 33.2 Å². The molecule has 7 nitrogen and oxygen atoms in total. The lowest BCUT2D eigenvalue weighted by Crippen LogP contribution is -2.25. The van der Waals surface area contributed by atoms with Crippen LogP contribution in [0.1, 0.15) is 196 Å². The summed E-state index contributed by atoms with van der Waals surface area (Å²) in [6.07, 6.45) is 33.7. The number of rotatable bonds is 42. The molecule has 0 bridgehead atoms. The Morgan fingerprint density at radius 2 is 0.627 bits per heavy atom. The van der Waals surface area contributed by atoms with Crippen molar-refractivity contribution in [2.24, 2.45) is 0 Å². The normalized spacial score (nSPS) is 13.5. The van der Waals surface area contributed by atoms with E-state index in [1.807, 2.05) is 12.2 Å². The second kappa shape index (κ2) is 41.9. The molecular formula is C44H86O7. The van der Waals surface area contributed by atoms with E-state index in [9.17, 15) is 0 Å². The second-order valence-electron chi connectivity index (χ2n) is 13.9. The molecule has 0 N–H and O–H groups in total. The van der Waals surface area contributed by atoms with Gasteiger partial charge in [-0.2, -0.15) is 0 Å². The molecule has 304 valence electrons. The van der Waals surface area contributed by atoms with Gasteiger partial charge in [-0.25, -0.2) is 0 Å². The van der Waals surface area contributed by atoms with Crippen LogP contribution in [0.25, 0.3) is 0 Å². The second-order valence-corrected chi connectivity index (χ2v) is 13.9. The third kappa shape index (κ3) is 36.0. The Balaban J connectivity index is 5.28. The Morgan fingerprint density at radius 3 is 0.922 bits per heavy atom. The molecule has 0 aliphatic heterocycles. The van der Waals surface area contributed by atoms with Crippen molar-refractivity contribution in [2.75, 3.05) is 39.6 Å². The van der Waals surface area contributed by atoms with Crippen LogP contribution in [0.15, 0.2) is 24.3 Å². The molecule has 2 unspecified atom stereocenters. The van der Waals surface area contributed by atoms with E-state index in [0.29, 0.717) is 13.2 Å². The lowest BCUT2D eigenvalue weighted by molar-refractivity contribution is -0.208. The van der Waals surface area contributed by atoms with E-state index in [1.165, 1.54) is 77.0 Å². The molecule has 0 radical (unpaired) electrons. The summed E-state index contributed by atoms with van der Waals surface area (Å²) in [4.78, 5) is 0. The summed E-state index contributed by atoms with van der Waals surface area (Å²) in [7, 11) is 0. The summed E-state index contributed by atoms with van der Waals surface area (Å²) < 4.78 is 43.5. The maximum Gasteiger partial charge on any atom is 0.180 e. The number of unbranched alkanes of at least 4 members (excludes halogenated alkanes) is 14. The first-order valence-corrected chi connectivity index (χ1v) is 21.8. The summed E-state index contributed by atoms with van der Waals surface area (Å²) in [5, 5.41) is 0. The Bertz CT molecular complexity index is 630. The number of hydrogen-bond donors (Lipinski definition) is 0. The quantitative estimate of drug-likeness (QED) is 0.0352. The van der Waals surface area contributed by atoms with Crippen molar-refractivity contribution in [2.45, 2.75) is 221 Å². The van der Waals surface area contributed by atoms with E-state index in [-0.39, 0.29) is 12.6 Å². The van der Waals surface area contributed by atoms with Crippen LogP contribution >= 0.6 is 0 Å². The maximum atomic E-state index is 6.42. The van der Waals surface area contributed by atoms with E-state index in [0.717, 1.165) is 103 Å². The molecule has 0 aromatic carbocycles. The zero-order valence-electron chi connectivity index (χ0n) is 34.7. The molecule has 0 rings (SSSR count). The summed E-state index contributed by atoms with van der Waals surface area (Å²) in [6, 6.07) is 0. The summed E-state index contributed by atoms with van der Waals surface area (Å²) in [5.74, 6) is 0. The molecule has 7 heteroatoms. The van der Waals surface area contributed by atoms with Gasteiger partial charge in [0, 0.05) is 39.3 Å². The average Bonchev–Trinajstić information content (AvgIpc) is 3.13. The molecule has 0 aliphatic rings. The first-order valence-electron chi connectivity index (χ1n) is 21.8. The highest BCUT2D eigenvalue weighted by atomic mass is 16.8. The molecule has 0 saturated carbocycles. The van der Waals surface area contributed by atoms with Crippen LogP contribution in [0, 0.1) is 0 Å². The van der Waals surface area contributed by atoms with Crippen LogP contribution < -0.4 is 0 Å². The Hall–Kier alpha value is -0.800. The maximum absolute atomic E-state index is 6.42. The van der Waals surface area contributed by atoms with Crippen LogP contribution in [0.2, 0.25) is 0 Å². The molecule has 0 fully saturated rings. The Morgan fingerprint density at radius 1 is 0.333 bits per heavy atom. The van der Waals surface area contributed by atoms with Crippen molar-refractivity contribution >= 4 is 0 Å². The molecule has 0 aliphatic carbocycles. The minimum absolute atomic E-state index is 0.171. The summed E-state index contributed by atoms with van der Waals surface area (Å²) in [6.45, 7) is 17.6. The van der Waals surface area contributed by atoms with Crippen molar-refractivity contribution in [3.8, 4) is 0 Å². The zero-order valence-corrected chi connectivity index (χ0v) is 34.7. The van der Waals surface area contributed by atoms with Gasteiger partial charge in [0.05, 0.1) is 13.2 Å². The van der Waals surface area contributed by atoms with Gasteiger partial charge in [0.1, 0.15) is 0 Å². The molecule has 0 heterocycles. The summed E-state index contributed by atoms with van der Waals surface area (Å²) >= 11 is 0. The minimum atomic E-state index is -0.484. The minimum Gasteiger partial charge on any atom is -0.353 e. The molecule has 0 amide bonds. The Labute approximate surface area is 317 Å². The molecule has 2 atom stereocenters. The summed E-state index contributed by atoms with van der Waals surface area (Å²) in [5.41, 5.74) is 0. The van der Waals surface area contributed by atoms with Gasteiger partial charge in [0.15, 0.2) is 25.2 Å². The molecule has 0 aromatic heterocycles. The van der Waals surface area contributed by atoms with Gasteiger partial charge < -0.3 is 33.2 Å². The van der Waals surface area contributed by atoms with E-state index < -0.39 is 12.6 Å². The smallest absolute Gasteiger partial charge is 0.180 e. The number of allylic oxidation sites excluding steroid dienone is 2. The van der Waals surface area contributed by atoms with E-state index >= 15 is 0 Å². The standard InChI is InChI=1S/C44H86O7/c1-7-13-19-27-37-45-41(46-38-28-20-14-8-2)31-23-25-33-43(49-35-17-11-5)51-44(50-36-18-12-6)34-26-24-32-42(47-39-29-21-15-9-3)48-40-30-22-16-10-4/h25-26,33-34,41-44H,7-24,27-32,35-40H2,1-6H3. The van der Waals surface area contributed by atoms with Gasteiger partial charge in [-0.1, -0.05) is 144 Å². The first kappa shape index (κ1) is 50.2. The molecule has 0 aromatic rings. The number of ether oxygens (including phenoxy) is 7. The highest BCUT2D eigenvalue weighted by Gasteiger charge is 2.15. The monoisotopic (exact) mass is 727 g/mol. The zero-order chi connectivity index (χ0) is 37.3. The van der Waals surface area contributed by atoms with Crippen molar-refractivity contribution in [3.05, 3.63) is 24.3 Å². The van der Waals surface area contributed by atoms with Crippen LogP contribution in [-0.2, 0) is 33.2 Å². The van der Waals surface area contributed by atoms with Crippen LogP contribution in [-0.4, -0.2) is 64.8 Å². The van der Waals surface area contributed by atoms with Crippen molar-refractivity contribution < 1.29 is 33.2 Å². The van der Waals surface area contributed by atoms with Gasteiger partial charge in [-0.3, -0.25) is 0 Å². The molecule has 51 heavy (non-hydrogen) atoms. The molecule has 0 spiro atoms. The fourth-order valence-corrected chi connectivity index (χ4v) is 5.38. The van der Waals surface area contributed by atoms with Gasteiger partial charge >= 0.3 is 0 Å². The van der Waals surface area contributed by atoms with Crippen LogP contribution in [0.3, 0.4) is 0 Å². The van der Waals surface area contributed by atoms with Crippen LogP contribution in [0.5, 0.6) is 0 Å². The van der Waals surface area contributed by atoms with Crippen molar-refractivity contribution in [1.82, 2.24) is 0 Å². The van der Waals surface area contributed by atoms with Gasteiger partial charge in [-0.05, 0) is 63.5 Å². The van der Waals surface area contributed by atoms with Gasteiger partial charge in [0.2, 0.25) is 0 Å². The highest BCUT2D eigenvalue weighted by Crippen LogP contribution is 2.15. The van der Waals surface area contributed by atoms with E-state index in [2.05, 4.69) is 53.7 Å². The topological polar surface area (TPSA) is 64.6 Å². The van der Waals surface area contributed by atoms with Crippen molar-refractivity contribution in [3.63, 3.8) is 0 Å². The SMILES string of the molecule is CCCCCCOC(CCC=CC(OCCCC)OC(C=CCCC(OCCCCCC)OCCCCCC)OCCCC)OCCCCCC. The predicted molar refractivity (Wildman–Crippen MR) is 215 cm³/mol. The van der Waals surface area contributed by atoms with Crippen LogP contribution in [0.4, 0.5) is 0 Å². The van der Waals surface area contributed by atoms with E-state index in [1.54, 1.807) is 0 Å². The Kier molecular flexibility index (Phi) is 41.3. The third-order valence-electron chi connectivity index (χ3n) is 8.76.